The minimum Gasteiger partial charge on any atom is -0.502 e. The quantitative estimate of drug-likeness (QED) is 0.676. The highest BCUT2D eigenvalue weighted by Gasteiger charge is 2.12. The molecule has 1 N–H and O–H groups in total. The molecule has 0 saturated carbocycles. The number of ether oxygens (including phenoxy) is 2. The largest absolute Gasteiger partial charge is 0.502 e. The van der Waals surface area contributed by atoms with Gasteiger partial charge in [0.1, 0.15) is 11.6 Å². The first-order valence-corrected chi connectivity index (χ1v) is 6.58. The fourth-order valence-corrected chi connectivity index (χ4v) is 1.96. The lowest BCUT2D eigenvalue weighted by atomic mass is 10.1. The summed E-state index contributed by atoms with van der Waals surface area (Å²) in [5.74, 6) is -2.12. The monoisotopic (exact) mass is 320 g/mol. The maximum Gasteiger partial charge on any atom is 0.200 e. The zero-order valence-corrected chi connectivity index (χ0v) is 12.5. The average molecular weight is 320 g/mol. The number of carbonyl (C=O) groups is 1. The van der Waals surface area contributed by atoms with Gasteiger partial charge in [-0.2, -0.15) is 0 Å². The third-order valence-electron chi connectivity index (χ3n) is 3.13. The second-order valence-electron chi connectivity index (χ2n) is 4.60. The third kappa shape index (κ3) is 3.66. The molecule has 6 heteroatoms. The highest BCUT2D eigenvalue weighted by Crippen LogP contribution is 2.37. The first-order chi connectivity index (χ1) is 11.0. The van der Waals surface area contributed by atoms with Crippen molar-refractivity contribution in [3.05, 3.63) is 59.2 Å². The molecule has 120 valence electrons. The van der Waals surface area contributed by atoms with Crippen molar-refractivity contribution in [2.24, 2.45) is 0 Å². The van der Waals surface area contributed by atoms with Crippen LogP contribution in [0.4, 0.5) is 8.78 Å². The van der Waals surface area contributed by atoms with Gasteiger partial charge in [-0.3, -0.25) is 4.79 Å². The van der Waals surface area contributed by atoms with Gasteiger partial charge >= 0.3 is 0 Å². The summed E-state index contributed by atoms with van der Waals surface area (Å²) in [7, 11) is 2.75. The Balaban J connectivity index is 2.30. The van der Waals surface area contributed by atoms with E-state index in [9.17, 15) is 18.7 Å². The van der Waals surface area contributed by atoms with E-state index in [4.69, 9.17) is 9.47 Å². The van der Waals surface area contributed by atoms with Crippen LogP contribution in [0.5, 0.6) is 17.2 Å². The summed E-state index contributed by atoms with van der Waals surface area (Å²) in [5.41, 5.74) is 0.271. The van der Waals surface area contributed by atoms with Crippen molar-refractivity contribution in [1.82, 2.24) is 0 Å². The molecule has 0 bridgehead atoms. The van der Waals surface area contributed by atoms with Crippen LogP contribution in [0.15, 0.2) is 36.4 Å². The van der Waals surface area contributed by atoms with Crippen LogP contribution in [0.3, 0.4) is 0 Å². The molecule has 0 unspecified atom stereocenters. The molecule has 2 aromatic carbocycles. The van der Waals surface area contributed by atoms with Gasteiger partial charge in [0.15, 0.2) is 17.3 Å². The van der Waals surface area contributed by atoms with Gasteiger partial charge in [-0.15, -0.1) is 0 Å². The van der Waals surface area contributed by atoms with Crippen LogP contribution < -0.4 is 9.47 Å². The van der Waals surface area contributed by atoms with E-state index < -0.39 is 17.4 Å². The van der Waals surface area contributed by atoms with Crippen LogP contribution in [0.25, 0.3) is 6.08 Å². The van der Waals surface area contributed by atoms with E-state index in [2.05, 4.69) is 0 Å². The number of benzene rings is 2. The molecule has 2 rings (SSSR count). The third-order valence-corrected chi connectivity index (χ3v) is 3.13. The fraction of sp³-hybridized carbons (Fsp3) is 0.118. The summed E-state index contributed by atoms with van der Waals surface area (Å²) in [6.07, 6.45) is 2.55. The van der Waals surface area contributed by atoms with Gasteiger partial charge in [0, 0.05) is 6.07 Å². The molecule has 0 aliphatic heterocycles. The maximum atomic E-state index is 13.5. The van der Waals surface area contributed by atoms with E-state index in [1.54, 1.807) is 0 Å². The van der Waals surface area contributed by atoms with Gasteiger partial charge in [0.2, 0.25) is 5.75 Å². The van der Waals surface area contributed by atoms with E-state index in [1.807, 2.05) is 0 Å². The van der Waals surface area contributed by atoms with E-state index in [0.29, 0.717) is 11.6 Å². The Kier molecular flexibility index (Phi) is 4.95. The van der Waals surface area contributed by atoms with Crippen molar-refractivity contribution in [2.45, 2.75) is 0 Å². The summed E-state index contributed by atoms with van der Waals surface area (Å²) < 4.78 is 36.4. The minimum absolute atomic E-state index is 0.164. The van der Waals surface area contributed by atoms with Crippen molar-refractivity contribution in [2.75, 3.05) is 14.2 Å². The SMILES string of the molecule is COc1cc(/C=C/C(=O)c2ccc(F)cc2F)cc(OC)c1O. The van der Waals surface area contributed by atoms with Crippen LogP contribution >= 0.6 is 0 Å². The lowest BCUT2D eigenvalue weighted by Gasteiger charge is -2.09. The Morgan fingerprint density at radius 2 is 1.70 bits per heavy atom. The Morgan fingerprint density at radius 1 is 1.09 bits per heavy atom. The van der Waals surface area contributed by atoms with Crippen LogP contribution in [0.1, 0.15) is 15.9 Å². The first-order valence-electron chi connectivity index (χ1n) is 6.58. The zero-order valence-electron chi connectivity index (χ0n) is 12.5. The highest BCUT2D eigenvalue weighted by atomic mass is 19.1. The molecule has 0 aliphatic rings. The summed E-state index contributed by atoms with van der Waals surface area (Å²) >= 11 is 0. The van der Waals surface area contributed by atoms with Crippen LogP contribution in [0, 0.1) is 11.6 Å². The lowest BCUT2D eigenvalue weighted by molar-refractivity contribution is 0.104. The number of hydrogen-bond acceptors (Lipinski definition) is 4. The molecule has 0 heterocycles. The number of phenolic OH excluding ortho intramolecular Hbond substituents is 1. The standard InChI is InChI=1S/C17H14F2O4/c1-22-15-7-10(8-16(23-2)17(15)21)3-6-14(20)12-5-4-11(18)9-13(12)19/h3-9,21H,1-2H3/b6-3+. The molecular formula is C17H14F2O4. The van der Waals surface area contributed by atoms with Gasteiger partial charge in [0.05, 0.1) is 19.8 Å². The summed E-state index contributed by atoms with van der Waals surface area (Å²) in [6.45, 7) is 0. The predicted octanol–water partition coefficient (Wildman–Crippen LogP) is 3.58. The Bertz CT molecular complexity index is 744. The molecule has 2 aromatic rings. The normalized spacial score (nSPS) is 10.8. The smallest absolute Gasteiger partial charge is 0.200 e. The van der Waals surface area contributed by atoms with Gasteiger partial charge in [-0.05, 0) is 35.9 Å². The predicted molar refractivity (Wildman–Crippen MR) is 80.9 cm³/mol. The second kappa shape index (κ2) is 6.91. The molecule has 0 fully saturated rings. The van der Waals surface area contributed by atoms with Crippen LogP contribution in [0.2, 0.25) is 0 Å². The van der Waals surface area contributed by atoms with E-state index >= 15 is 0 Å². The van der Waals surface area contributed by atoms with Crippen molar-refractivity contribution in [3.8, 4) is 17.2 Å². The van der Waals surface area contributed by atoms with Gasteiger partial charge in [-0.25, -0.2) is 8.78 Å². The maximum absolute atomic E-state index is 13.5. The van der Waals surface area contributed by atoms with Gasteiger partial charge in [-0.1, -0.05) is 6.08 Å². The summed E-state index contributed by atoms with van der Waals surface area (Å²) in [5, 5.41) is 9.80. The number of allylic oxidation sites excluding steroid dienone is 1. The Morgan fingerprint density at radius 3 is 2.22 bits per heavy atom. The minimum atomic E-state index is -0.930. The number of aromatic hydroxyl groups is 1. The first kappa shape index (κ1) is 16.5. The van der Waals surface area contributed by atoms with Crippen LogP contribution in [-0.2, 0) is 0 Å². The van der Waals surface area contributed by atoms with Gasteiger partial charge < -0.3 is 14.6 Å². The van der Waals surface area contributed by atoms with Gasteiger partial charge in [0.25, 0.3) is 0 Å². The fourth-order valence-electron chi connectivity index (χ4n) is 1.96. The lowest BCUT2D eigenvalue weighted by Crippen LogP contribution is -1.99. The summed E-state index contributed by atoms with van der Waals surface area (Å²) in [4.78, 5) is 12.0. The molecule has 0 radical (unpaired) electrons. The number of ketones is 1. The molecule has 0 amide bonds. The molecule has 0 saturated heterocycles. The number of phenols is 1. The van der Waals surface area contributed by atoms with Crippen molar-refractivity contribution in [1.29, 1.82) is 0 Å². The summed E-state index contributed by atoms with van der Waals surface area (Å²) in [6, 6.07) is 5.71. The number of hydrogen-bond donors (Lipinski definition) is 1. The van der Waals surface area contributed by atoms with E-state index in [1.165, 1.54) is 32.4 Å². The molecule has 23 heavy (non-hydrogen) atoms. The number of rotatable bonds is 5. The van der Waals surface area contributed by atoms with Crippen molar-refractivity contribution in [3.63, 3.8) is 0 Å². The molecule has 0 aromatic heterocycles. The van der Waals surface area contributed by atoms with Crippen molar-refractivity contribution >= 4 is 11.9 Å². The topological polar surface area (TPSA) is 55.8 Å². The highest BCUT2D eigenvalue weighted by molar-refractivity contribution is 6.07. The van der Waals surface area contributed by atoms with Crippen molar-refractivity contribution < 1.29 is 28.2 Å². The molecular weight excluding hydrogens is 306 g/mol. The number of halogens is 2. The van der Waals surface area contributed by atoms with E-state index in [-0.39, 0.29) is 22.8 Å². The number of methoxy groups -OCH3 is 2. The Labute approximate surface area is 131 Å². The average Bonchev–Trinajstić information content (AvgIpc) is 2.53. The van der Waals surface area contributed by atoms with E-state index in [0.717, 1.165) is 18.2 Å². The number of carbonyl (C=O) groups excluding carboxylic acids is 1. The molecule has 0 atom stereocenters. The van der Waals surface area contributed by atoms with Crippen LogP contribution in [-0.4, -0.2) is 25.1 Å². The molecule has 0 aliphatic carbocycles. The molecule has 4 nitrogen and oxygen atoms in total. The zero-order chi connectivity index (χ0) is 17.0. The molecule has 0 spiro atoms. The second-order valence-corrected chi connectivity index (χ2v) is 4.60. The Hall–Kier alpha value is -2.89.